The molecule has 0 unspecified atom stereocenters. The van der Waals surface area contributed by atoms with Crippen LogP contribution < -0.4 is 4.90 Å². The van der Waals surface area contributed by atoms with Crippen molar-refractivity contribution in [3.05, 3.63) is 18.7 Å². The van der Waals surface area contributed by atoms with E-state index >= 15 is 0 Å². The third kappa shape index (κ3) is 1.83. The number of hydrogen-bond donors (Lipinski definition) is 1. The van der Waals surface area contributed by atoms with E-state index in [0.717, 1.165) is 5.82 Å². The second-order valence-corrected chi connectivity index (χ2v) is 3.82. The molecule has 1 N–H and O–H groups in total. The van der Waals surface area contributed by atoms with Crippen LogP contribution in [-0.4, -0.2) is 43.9 Å². The first kappa shape index (κ1) is 10.8. The lowest BCUT2D eigenvalue weighted by atomic mass is 10.3. The summed E-state index contributed by atoms with van der Waals surface area (Å²) in [5, 5.41) is 16.9. The van der Waals surface area contributed by atoms with E-state index in [9.17, 15) is 0 Å². The van der Waals surface area contributed by atoms with E-state index in [0.29, 0.717) is 12.2 Å². The standard InChI is InChI=1S/C10H15N5O/c1-8(2)15(5-6-16)9-10-13-12-7-14(10)4-3-11-9/h3-4,7-8,16H,5-6H2,1-2H3. The Hall–Kier alpha value is -1.69. The SMILES string of the molecule is CC(C)N(CCO)c1nccn2cnnc12. The van der Waals surface area contributed by atoms with Gasteiger partial charge in [-0.1, -0.05) is 0 Å². The highest BCUT2D eigenvalue weighted by Crippen LogP contribution is 2.17. The maximum Gasteiger partial charge on any atom is 0.203 e. The van der Waals surface area contributed by atoms with Gasteiger partial charge < -0.3 is 10.0 Å². The van der Waals surface area contributed by atoms with Crippen molar-refractivity contribution in [3.63, 3.8) is 0 Å². The van der Waals surface area contributed by atoms with E-state index in [4.69, 9.17) is 5.11 Å². The molecule has 0 fully saturated rings. The maximum absolute atomic E-state index is 9.06. The van der Waals surface area contributed by atoms with Gasteiger partial charge in [0.15, 0.2) is 5.82 Å². The van der Waals surface area contributed by atoms with Crippen LogP contribution >= 0.6 is 0 Å². The summed E-state index contributed by atoms with van der Waals surface area (Å²) in [6.07, 6.45) is 5.15. The van der Waals surface area contributed by atoms with Crippen LogP contribution in [0.3, 0.4) is 0 Å². The predicted octanol–water partition coefficient (Wildman–Crippen LogP) is 0.331. The fraction of sp³-hybridized carbons (Fsp3) is 0.500. The molecule has 2 aromatic rings. The first-order valence-electron chi connectivity index (χ1n) is 5.26. The first-order chi connectivity index (χ1) is 7.74. The zero-order valence-corrected chi connectivity index (χ0v) is 9.41. The summed E-state index contributed by atoms with van der Waals surface area (Å²) in [7, 11) is 0. The molecule has 0 atom stereocenters. The molecule has 0 aromatic carbocycles. The van der Waals surface area contributed by atoms with Gasteiger partial charge in [-0.3, -0.25) is 4.40 Å². The summed E-state index contributed by atoms with van der Waals surface area (Å²) in [6.45, 7) is 4.74. The molecule has 2 heterocycles. The number of anilines is 1. The van der Waals surface area contributed by atoms with Crippen LogP contribution in [0.2, 0.25) is 0 Å². The zero-order valence-electron chi connectivity index (χ0n) is 9.41. The van der Waals surface area contributed by atoms with E-state index in [-0.39, 0.29) is 12.6 Å². The number of rotatable bonds is 4. The number of aliphatic hydroxyl groups excluding tert-OH is 1. The third-order valence-corrected chi connectivity index (χ3v) is 2.43. The fourth-order valence-electron chi connectivity index (χ4n) is 1.66. The minimum atomic E-state index is 0.0923. The van der Waals surface area contributed by atoms with E-state index in [1.165, 1.54) is 0 Å². The molecule has 0 bridgehead atoms. The van der Waals surface area contributed by atoms with Crippen LogP contribution in [0.4, 0.5) is 5.82 Å². The highest BCUT2D eigenvalue weighted by molar-refractivity contribution is 5.63. The molecular weight excluding hydrogens is 206 g/mol. The van der Waals surface area contributed by atoms with Gasteiger partial charge in [0, 0.05) is 25.0 Å². The van der Waals surface area contributed by atoms with E-state index < -0.39 is 0 Å². The van der Waals surface area contributed by atoms with Crippen LogP contribution in [0, 0.1) is 0 Å². The van der Waals surface area contributed by atoms with Crippen LogP contribution in [0.25, 0.3) is 5.65 Å². The highest BCUT2D eigenvalue weighted by atomic mass is 16.3. The average Bonchev–Trinajstić information content (AvgIpc) is 2.73. The van der Waals surface area contributed by atoms with Crippen molar-refractivity contribution < 1.29 is 5.11 Å². The largest absolute Gasteiger partial charge is 0.395 e. The van der Waals surface area contributed by atoms with Crippen molar-refractivity contribution in [1.29, 1.82) is 0 Å². The molecular formula is C10H15N5O. The first-order valence-corrected chi connectivity index (χ1v) is 5.26. The lowest BCUT2D eigenvalue weighted by Crippen LogP contribution is -2.34. The number of fused-ring (bicyclic) bond motifs is 1. The van der Waals surface area contributed by atoms with Crippen molar-refractivity contribution in [2.24, 2.45) is 0 Å². The van der Waals surface area contributed by atoms with Gasteiger partial charge in [-0.2, -0.15) is 0 Å². The maximum atomic E-state index is 9.06. The molecule has 86 valence electrons. The minimum absolute atomic E-state index is 0.0923. The number of hydrogen-bond acceptors (Lipinski definition) is 5. The Bertz CT molecular complexity index is 467. The van der Waals surface area contributed by atoms with Gasteiger partial charge in [-0.05, 0) is 13.8 Å². The monoisotopic (exact) mass is 221 g/mol. The summed E-state index contributed by atoms with van der Waals surface area (Å²) in [5.74, 6) is 0.754. The molecule has 2 rings (SSSR count). The van der Waals surface area contributed by atoms with Gasteiger partial charge in [0.25, 0.3) is 0 Å². The smallest absolute Gasteiger partial charge is 0.203 e. The molecule has 0 radical (unpaired) electrons. The van der Waals surface area contributed by atoms with E-state index in [1.807, 2.05) is 9.30 Å². The molecule has 0 aliphatic heterocycles. The Kier molecular flexibility index (Phi) is 3.00. The molecule has 6 nitrogen and oxygen atoms in total. The third-order valence-electron chi connectivity index (χ3n) is 2.43. The van der Waals surface area contributed by atoms with E-state index in [1.54, 1.807) is 18.7 Å². The number of aliphatic hydroxyl groups is 1. The Morgan fingerprint density at radius 3 is 3.00 bits per heavy atom. The topological polar surface area (TPSA) is 66.5 Å². The van der Waals surface area contributed by atoms with Crippen LogP contribution in [0.1, 0.15) is 13.8 Å². The van der Waals surface area contributed by atoms with Gasteiger partial charge in [0.2, 0.25) is 5.65 Å². The molecule has 0 amide bonds. The quantitative estimate of drug-likeness (QED) is 0.806. The Morgan fingerprint density at radius 1 is 1.50 bits per heavy atom. The number of aromatic nitrogens is 4. The molecule has 0 spiro atoms. The molecule has 0 saturated carbocycles. The van der Waals surface area contributed by atoms with Crippen molar-refractivity contribution in [2.75, 3.05) is 18.1 Å². The fourth-order valence-corrected chi connectivity index (χ4v) is 1.66. The Balaban J connectivity index is 2.47. The lowest BCUT2D eigenvalue weighted by Gasteiger charge is -2.26. The van der Waals surface area contributed by atoms with Crippen molar-refractivity contribution >= 4 is 11.5 Å². The molecule has 0 aliphatic carbocycles. The van der Waals surface area contributed by atoms with E-state index in [2.05, 4.69) is 29.0 Å². The molecule has 0 aliphatic rings. The van der Waals surface area contributed by atoms with Gasteiger partial charge in [-0.15, -0.1) is 10.2 Å². The van der Waals surface area contributed by atoms with Gasteiger partial charge in [0.1, 0.15) is 6.33 Å². The van der Waals surface area contributed by atoms with Crippen molar-refractivity contribution in [2.45, 2.75) is 19.9 Å². The van der Waals surface area contributed by atoms with Crippen LogP contribution in [0.5, 0.6) is 0 Å². The summed E-state index contributed by atoms with van der Waals surface area (Å²) >= 11 is 0. The lowest BCUT2D eigenvalue weighted by molar-refractivity contribution is 0.298. The zero-order chi connectivity index (χ0) is 11.5. The van der Waals surface area contributed by atoms with Crippen molar-refractivity contribution in [3.8, 4) is 0 Å². The average molecular weight is 221 g/mol. The second kappa shape index (κ2) is 4.44. The van der Waals surface area contributed by atoms with Crippen molar-refractivity contribution in [1.82, 2.24) is 19.6 Å². The Morgan fingerprint density at radius 2 is 2.31 bits per heavy atom. The summed E-state index contributed by atoms with van der Waals surface area (Å²) in [5.41, 5.74) is 0.713. The summed E-state index contributed by atoms with van der Waals surface area (Å²) in [4.78, 5) is 6.31. The molecule has 2 aromatic heterocycles. The highest BCUT2D eigenvalue weighted by Gasteiger charge is 2.15. The van der Waals surface area contributed by atoms with Gasteiger partial charge in [-0.25, -0.2) is 4.98 Å². The summed E-state index contributed by atoms with van der Waals surface area (Å²) in [6, 6.07) is 0.252. The predicted molar refractivity (Wildman–Crippen MR) is 60.3 cm³/mol. The number of nitrogens with zero attached hydrogens (tertiary/aromatic N) is 5. The minimum Gasteiger partial charge on any atom is -0.395 e. The van der Waals surface area contributed by atoms with Gasteiger partial charge in [0.05, 0.1) is 6.61 Å². The van der Waals surface area contributed by atoms with Gasteiger partial charge >= 0.3 is 0 Å². The molecule has 0 saturated heterocycles. The Labute approximate surface area is 93.6 Å². The van der Waals surface area contributed by atoms with Crippen LogP contribution in [-0.2, 0) is 0 Å². The summed E-state index contributed by atoms with van der Waals surface area (Å²) < 4.78 is 1.81. The second-order valence-electron chi connectivity index (χ2n) is 3.82. The van der Waals surface area contributed by atoms with Crippen LogP contribution in [0.15, 0.2) is 18.7 Å². The molecule has 16 heavy (non-hydrogen) atoms. The molecule has 6 heteroatoms. The normalized spacial score (nSPS) is 11.2.